The summed E-state index contributed by atoms with van der Waals surface area (Å²) in [6, 6.07) is 0. The SMILES string of the molecule is CCCCCCNCCSc1cnn(C)c1. The normalized spacial score (nSPS) is 10.9. The van der Waals surface area contributed by atoms with Crippen molar-refractivity contribution in [2.75, 3.05) is 18.8 Å². The van der Waals surface area contributed by atoms with Gasteiger partial charge in [-0.15, -0.1) is 11.8 Å². The third-order valence-corrected chi connectivity index (χ3v) is 3.39. The van der Waals surface area contributed by atoms with Gasteiger partial charge in [-0.1, -0.05) is 26.2 Å². The van der Waals surface area contributed by atoms with Crippen LogP contribution in [-0.2, 0) is 7.05 Å². The quantitative estimate of drug-likeness (QED) is 0.532. The standard InChI is InChI=1S/C12H23N3S/c1-3-4-5-6-7-13-8-9-16-12-10-14-15(2)11-12/h10-11,13H,3-9H2,1-2H3. The van der Waals surface area contributed by atoms with Crippen molar-refractivity contribution in [3.05, 3.63) is 12.4 Å². The van der Waals surface area contributed by atoms with E-state index in [1.54, 1.807) is 0 Å². The number of unbranched alkanes of at least 4 members (excludes halogenated alkanes) is 3. The topological polar surface area (TPSA) is 29.9 Å². The van der Waals surface area contributed by atoms with E-state index in [1.807, 2.05) is 29.7 Å². The molecule has 1 aromatic rings. The first-order valence-corrected chi connectivity index (χ1v) is 7.13. The number of nitrogens with one attached hydrogen (secondary N) is 1. The molecule has 0 atom stereocenters. The summed E-state index contributed by atoms with van der Waals surface area (Å²) in [6.07, 6.45) is 9.34. The minimum absolute atomic E-state index is 1.09. The zero-order valence-electron chi connectivity index (χ0n) is 10.4. The van der Waals surface area contributed by atoms with Crippen LogP contribution in [0.5, 0.6) is 0 Å². The summed E-state index contributed by atoms with van der Waals surface area (Å²) in [7, 11) is 1.95. The summed E-state index contributed by atoms with van der Waals surface area (Å²) in [5, 5.41) is 7.61. The van der Waals surface area contributed by atoms with Crippen molar-refractivity contribution >= 4 is 11.8 Å². The van der Waals surface area contributed by atoms with Gasteiger partial charge in [0.05, 0.1) is 6.20 Å². The average molecular weight is 241 g/mol. The summed E-state index contributed by atoms with van der Waals surface area (Å²) in [5.41, 5.74) is 0. The van der Waals surface area contributed by atoms with Crippen LogP contribution in [0, 0.1) is 0 Å². The zero-order chi connectivity index (χ0) is 11.6. The van der Waals surface area contributed by atoms with Crippen LogP contribution in [-0.4, -0.2) is 28.6 Å². The van der Waals surface area contributed by atoms with E-state index in [4.69, 9.17) is 0 Å². The molecule has 0 aliphatic carbocycles. The molecule has 3 nitrogen and oxygen atoms in total. The van der Waals surface area contributed by atoms with Gasteiger partial charge in [-0.25, -0.2) is 0 Å². The summed E-state index contributed by atoms with van der Waals surface area (Å²) >= 11 is 1.86. The molecule has 0 aliphatic rings. The third-order valence-electron chi connectivity index (χ3n) is 2.44. The molecule has 16 heavy (non-hydrogen) atoms. The van der Waals surface area contributed by atoms with Crippen LogP contribution in [0.2, 0.25) is 0 Å². The van der Waals surface area contributed by atoms with Gasteiger partial charge < -0.3 is 5.32 Å². The number of nitrogens with zero attached hydrogens (tertiary/aromatic N) is 2. The van der Waals surface area contributed by atoms with Gasteiger partial charge in [0.2, 0.25) is 0 Å². The van der Waals surface area contributed by atoms with Crippen LogP contribution in [0.3, 0.4) is 0 Å². The maximum Gasteiger partial charge on any atom is 0.0625 e. The summed E-state index contributed by atoms with van der Waals surface area (Å²) in [5.74, 6) is 1.12. The lowest BCUT2D eigenvalue weighted by atomic mass is 10.2. The lowest BCUT2D eigenvalue weighted by Gasteiger charge is -2.03. The van der Waals surface area contributed by atoms with E-state index in [0.717, 1.165) is 18.8 Å². The van der Waals surface area contributed by atoms with E-state index in [2.05, 4.69) is 23.5 Å². The maximum absolute atomic E-state index is 4.14. The second-order valence-electron chi connectivity index (χ2n) is 4.01. The first-order chi connectivity index (χ1) is 7.83. The van der Waals surface area contributed by atoms with Crippen molar-refractivity contribution in [1.29, 1.82) is 0 Å². The first-order valence-electron chi connectivity index (χ1n) is 6.15. The lowest BCUT2D eigenvalue weighted by molar-refractivity contribution is 0.613. The van der Waals surface area contributed by atoms with Crippen LogP contribution in [0.15, 0.2) is 17.3 Å². The molecule has 0 bridgehead atoms. The number of rotatable bonds is 9. The van der Waals surface area contributed by atoms with E-state index >= 15 is 0 Å². The molecule has 1 aromatic heterocycles. The maximum atomic E-state index is 4.14. The fourth-order valence-corrected chi connectivity index (χ4v) is 2.35. The molecule has 0 saturated heterocycles. The molecule has 1 N–H and O–H groups in total. The van der Waals surface area contributed by atoms with Gasteiger partial charge in [-0.2, -0.15) is 5.10 Å². The van der Waals surface area contributed by atoms with Crippen molar-refractivity contribution in [2.45, 2.75) is 37.5 Å². The van der Waals surface area contributed by atoms with Gasteiger partial charge in [-0.3, -0.25) is 4.68 Å². The highest BCUT2D eigenvalue weighted by Crippen LogP contribution is 2.14. The number of hydrogen-bond donors (Lipinski definition) is 1. The van der Waals surface area contributed by atoms with E-state index in [9.17, 15) is 0 Å². The van der Waals surface area contributed by atoms with E-state index in [0.29, 0.717) is 0 Å². The number of hydrogen-bond acceptors (Lipinski definition) is 3. The van der Waals surface area contributed by atoms with Gasteiger partial charge in [0.25, 0.3) is 0 Å². The van der Waals surface area contributed by atoms with Gasteiger partial charge in [0, 0.05) is 30.4 Å². The van der Waals surface area contributed by atoms with Crippen LogP contribution in [0.25, 0.3) is 0 Å². The Balaban J connectivity index is 1.88. The first kappa shape index (κ1) is 13.6. The molecule has 1 rings (SSSR count). The van der Waals surface area contributed by atoms with E-state index in [-0.39, 0.29) is 0 Å². The minimum Gasteiger partial charge on any atom is -0.316 e. The van der Waals surface area contributed by atoms with Crippen molar-refractivity contribution in [3.8, 4) is 0 Å². The van der Waals surface area contributed by atoms with Crippen LogP contribution >= 0.6 is 11.8 Å². The molecule has 0 fully saturated rings. The van der Waals surface area contributed by atoms with Crippen molar-refractivity contribution in [1.82, 2.24) is 15.1 Å². The highest BCUT2D eigenvalue weighted by atomic mass is 32.2. The molecule has 0 amide bonds. The fourth-order valence-electron chi connectivity index (χ4n) is 1.52. The third kappa shape index (κ3) is 6.18. The molecule has 0 radical (unpaired) electrons. The second kappa shape index (κ2) is 8.65. The summed E-state index contributed by atoms with van der Waals surface area (Å²) in [6.45, 7) is 4.50. The molecule has 0 saturated carbocycles. The molecule has 0 aliphatic heterocycles. The minimum atomic E-state index is 1.09. The number of aromatic nitrogens is 2. The number of aryl methyl sites for hydroxylation is 1. The summed E-state index contributed by atoms with van der Waals surface area (Å²) in [4.78, 5) is 1.26. The molecular weight excluding hydrogens is 218 g/mol. The van der Waals surface area contributed by atoms with Crippen LogP contribution in [0.1, 0.15) is 32.6 Å². The lowest BCUT2D eigenvalue weighted by Crippen LogP contribution is -2.18. The van der Waals surface area contributed by atoms with Gasteiger partial charge in [0.1, 0.15) is 0 Å². The van der Waals surface area contributed by atoms with E-state index in [1.165, 1.54) is 30.6 Å². The second-order valence-corrected chi connectivity index (χ2v) is 5.18. The van der Waals surface area contributed by atoms with Crippen molar-refractivity contribution in [3.63, 3.8) is 0 Å². The summed E-state index contributed by atoms with van der Waals surface area (Å²) < 4.78 is 1.85. The van der Waals surface area contributed by atoms with Gasteiger partial charge >= 0.3 is 0 Å². The Labute approximate surface area is 103 Å². The monoisotopic (exact) mass is 241 g/mol. The Morgan fingerprint density at radius 1 is 1.31 bits per heavy atom. The predicted molar refractivity (Wildman–Crippen MR) is 70.9 cm³/mol. The Morgan fingerprint density at radius 2 is 2.19 bits per heavy atom. The Morgan fingerprint density at radius 3 is 2.88 bits per heavy atom. The molecule has 0 spiro atoms. The van der Waals surface area contributed by atoms with Crippen molar-refractivity contribution < 1.29 is 0 Å². The molecule has 0 aromatic carbocycles. The smallest absolute Gasteiger partial charge is 0.0625 e. The highest BCUT2D eigenvalue weighted by Gasteiger charge is 1.96. The molecule has 0 unspecified atom stereocenters. The van der Waals surface area contributed by atoms with E-state index < -0.39 is 0 Å². The van der Waals surface area contributed by atoms with Gasteiger partial charge in [0.15, 0.2) is 0 Å². The fraction of sp³-hybridized carbons (Fsp3) is 0.750. The van der Waals surface area contributed by atoms with Crippen molar-refractivity contribution in [2.24, 2.45) is 7.05 Å². The van der Waals surface area contributed by atoms with Crippen LogP contribution in [0.4, 0.5) is 0 Å². The molecule has 1 heterocycles. The Bertz CT molecular complexity index is 273. The molecule has 4 heteroatoms. The highest BCUT2D eigenvalue weighted by molar-refractivity contribution is 7.99. The molecule has 92 valence electrons. The number of thioether (sulfide) groups is 1. The zero-order valence-corrected chi connectivity index (χ0v) is 11.2. The average Bonchev–Trinajstić information content (AvgIpc) is 2.68. The largest absolute Gasteiger partial charge is 0.316 e. The van der Waals surface area contributed by atoms with Crippen LogP contribution < -0.4 is 5.32 Å². The Kier molecular flexibility index (Phi) is 7.34. The predicted octanol–water partition coefficient (Wildman–Crippen LogP) is 2.68. The van der Waals surface area contributed by atoms with Gasteiger partial charge in [-0.05, 0) is 13.0 Å². The Hall–Kier alpha value is -0.480. The molecular formula is C12H23N3S.